The minimum Gasteiger partial charge on any atom is -0.497 e. The molecule has 1 heterocycles. The standard InChI is InChI=1S/C16H26N2O2/c1-19-15-5-7-16(8-6-15)20-13-12-18-11-3-2-4-14(18)9-10-17/h5-8,14H,2-4,9-13,17H2,1H3. The van der Waals surface area contributed by atoms with E-state index in [2.05, 4.69) is 4.90 Å². The molecule has 2 rings (SSSR count). The molecule has 1 aliphatic heterocycles. The van der Waals surface area contributed by atoms with Gasteiger partial charge in [-0.05, 0) is 56.6 Å². The van der Waals surface area contributed by atoms with Crippen LogP contribution in [0.5, 0.6) is 11.5 Å². The molecule has 1 atom stereocenters. The summed E-state index contributed by atoms with van der Waals surface area (Å²) in [5.74, 6) is 1.76. The van der Waals surface area contributed by atoms with Crippen molar-refractivity contribution in [2.45, 2.75) is 31.7 Å². The van der Waals surface area contributed by atoms with Crippen LogP contribution in [0.2, 0.25) is 0 Å². The number of piperidine rings is 1. The van der Waals surface area contributed by atoms with Crippen molar-refractivity contribution < 1.29 is 9.47 Å². The van der Waals surface area contributed by atoms with Gasteiger partial charge in [0.25, 0.3) is 0 Å². The Labute approximate surface area is 121 Å². The van der Waals surface area contributed by atoms with E-state index in [9.17, 15) is 0 Å². The fourth-order valence-corrected chi connectivity index (χ4v) is 2.83. The largest absolute Gasteiger partial charge is 0.497 e. The van der Waals surface area contributed by atoms with Gasteiger partial charge < -0.3 is 15.2 Å². The van der Waals surface area contributed by atoms with E-state index in [-0.39, 0.29) is 0 Å². The highest BCUT2D eigenvalue weighted by molar-refractivity contribution is 5.31. The van der Waals surface area contributed by atoms with E-state index < -0.39 is 0 Å². The van der Waals surface area contributed by atoms with E-state index in [1.807, 2.05) is 24.3 Å². The zero-order chi connectivity index (χ0) is 14.2. The third-order valence-electron chi connectivity index (χ3n) is 3.96. The Bertz CT molecular complexity index is 379. The molecule has 1 aromatic rings. The van der Waals surface area contributed by atoms with E-state index in [1.54, 1.807) is 7.11 Å². The molecule has 4 heteroatoms. The fraction of sp³-hybridized carbons (Fsp3) is 0.625. The molecule has 112 valence electrons. The van der Waals surface area contributed by atoms with Gasteiger partial charge in [-0.3, -0.25) is 4.90 Å². The molecule has 0 spiro atoms. The summed E-state index contributed by atoms with van der Waals surface area (Å²) in [6.07, 6.45) is 5.01. The number of ether oxygens (including phenoxy) is 2. The highest BCUT2D eigenvalue weighted by Crippen LogP contribution is 2.20. The van der Waals surface area contributed by atoms with Crippen LogP contribution in [0.25, 0.3) is 0 Å². The number of nitrogens with two attached hydrogens (primary N) is 1. The molecule has 0 aromatic heterocycles. The molecule has 0 radical (unpaired) electrons. The summed E-state index contributed by atoms with van der Waals surface area (Å²) in [6, 6.07) is 8.40. The summed E-state index contributed by atoms with van der Waals surface area (Å²) in [4.78, 5) is 2.53. The Morgan fingerprint density at radius 1 is 1.20 bits per heavy atom. The van der Waals surface area contributed by atoms with Crippen LogP contribution in [0.15, 0.2) is 24.3 Å². The molecule has 0 amide bonds. The summed E-state index contributed by atoms with van der Waals surface area (Å²) in [5.41, 5.74) is 5.70. The van der Waals surface area contributed by atoms with E-state index >= 15 is 0 Å². The van der Waals surface area contributed by atoms with Crippen LogP contribution in [0.3, 0.4) is 0 Å². The molecule has 1 aromatic carbocycles. The van der Waals surface area contributed by atoms with Crippen molar-refractivity contribution in [1.29, 1.82) is 0 Å². The number of likely N-dealkylation sites (tertiary alicyclic amines) is 1. The van der Waals surface area contributed by atoms with Crippen molar-refractivity contribution in [2.24, 2.45) is 5.73 Å². The quantitative estimate of drug-likeness (QED) is 0.831. The van der Waals surface area contributed by atoms with Crippen LogP contribution < -0.4 is 15.2 Å². The molecule has 1 aliphatic rings. The first-order chi connectivity index (χ1) is 9.83. The highest BCUT2D eigenvalue weighted by Gasteiger charge is 2.21. The number of methoxy groups -OCH3 is 1. The van der Waals surface area contributed by atoms with Crippen molar-refractivity contribution in [2.75, 3.05) is 33.4 Å². The first-order valence-electron chi connectivity index (χ1n) is 7.54. The van der Waals surface area contributed by atoms with Gasteiger partial charge in [-0.1, -0.05) is 6.42 Å². The third kappa shape index (κ3) is 4.39. The molecule has 2 N–H and O–H groups in total. The Morgan fingerprint density at radius 3 is 2.65 bits per heavy atom. The van der Waals surface area contributed by atoms with Gasteiger partial charge in [0.15, 0.2) is 0 Å². The molecule has 20 heavy (non-hydrogen) atoms. The SMILES string of the molecule is COc1ccc(OCCN2CCCCC2CCN)cc1. The van der Waals surface area contributed by atoms with Crippen molar-refractivity contribution in [3.63, 3.8) is 0 Å². The second-order valence-electron chi connectivity index (χ2n) is 5.29. The van der Waals surface area contributed by atoms with Crippen LogP contribution in [0, 0.1) is 0 Å². The average Bonchev–Trinajstić information content (AvgIpc) is 2.50. The summed E-state index contributed by atoms with van der Waals surface area (Å²) >= 11 is 0. The summed E-state index contributed by atoms with van der Waals surface area (Å²) in [5, 5.41) is 0. The molecular formula is C16H26N2O2. The maximum Gasteiger partial charge on any atom is 0.119 e. The Balaban J connectivity index is 1.75. The second kappa shape index (κ2) is 8.12. The van der Waals surface area contributed by atoms with Crippen molar-refractivity contribution in [3.8, 4) is 11.5 Å². The lowest BCUT2D eigenvalue weighted by Crippen LogP contribution is -2.42. The van der Waals surface area contributed by atoms with Gasteiger partial charge in [0.2, 0.25) is 0 Å². The maximum absolute atomic E-state index is 5.81. The van der Waals surface area contributed by atoms with E-state index in [1.165, 1.54) is 25.8 Å². The van der Waals surface area contributed by atoms with Gasteiger partial charge in [-0.25, -0.2) is 0 Å². The van der Waals surface area contributed by atoms with Gasteiger partial charge in [-0.2, -0.15) is 0 Å². The lowest BCUT2D eigenvalue weighted by atomic mass is 9.99. The van der Waals surface area contributed by atoms with Crippen molar-refractivity contribution in [3.05, 3.63) is 24.3 Å². The van der Waals surface area contributed by atoms with Crippen LogP contribution in [0.1, 0.15) is 25.7 Å². The smallest absolute Gasteiger partial charge is 0.119 e. The molecular weight excluding hydrogens is 252 g/mol. The van der Waals surface area contributed by atoms with Crippen molar-refractivity contribution >= 4 is 0 Å². The molecule has 1 fully saturated rings. The van der Waals surface area contributed by atoms with E-state index in [0.29, 0.717) is 6.04 Å². The number of nitrogens with zero attached hydrogens (tertiary/aromatic N) is 1. The lowest BCUT2D eigenvalue weighted by molar-refractivity contribution is 0.118. The van der Waals surface area contributed by atoms with Crippen LogP contribution in [0.4, 0.5) is 0 Å². The lowest BCUT2D eigenvalue weighted by Gasteiger charge is -2.35. The van der Waals surface area contributed by atoms with Gasteiger partial charge in [0, 0.05) is 12.6 Å². The molecule has 1 saturated heterocycles. The molecule has 0 saturated carbocycles. The van der Waals surface area contributed by atoms with Gasteiger partial charge in [0.1, 0.15) is 18.1 Å². The zero-order valence-corrected chi connectivity index (χ0v) is 12.4. The highest BCUT2D eigenvalue weighted by atomic mass is 16.5. The Morgan fingerprint density at radius 2 is 1.95 bits per heavy atom. The predicted molar refractivity (Wildman–Crippen MR) is 81.4 cm³/mol. The Hall–Kier alpha value is -1.26. The van der Waals surface area contributed by atoms with E-state index in [0.717, 1.165) is 37.6 Å². The molecule has 1 unspecified atom stereocenters. The molecule has 0 aliphatic carbocycles. The monoisotopic (exact) mass is 278 g/mol. The van der Waals surface area contributed by atoms with Gasteiger partial charge in [0.05, 0.1) is 7.11 Å². The number of benzene rings is 1. The normalized spacial score (nSPS) is 19.8. The zero-order valence-electron chi connectivity index (χ0n) is 12.4. The van der Waals surface area contributed by atoms with Gasteiger partial charge in [-0.15, -0.1) is 0 Å². The van der Waals surface area contributed by atoms with Gasteiger partial charge >= 0.3 is 0 Å². The molecule has 4 nitrogen and oxygen atoms in total. The molecule has 0 bridgehead atoms. The number of hydrogen-bond acceptors (Lipinski definition) is 4. The van der Waals surface area contributed by atoms with Crippen LogP contribution >= 0.6 is 0 Å². The maximum atomic E-state index is 5.81. The number of rotatable bonds is 7. The number of hydrogen-bond donors (Lipinski definition) is 1. The van der Waals surface area contributed by atoms with E-state index in [4.69, 9.17) is 15.2 Å². The summed E-state index contributed by atoms with van der Waals surface area (Å²) in [7, 11) is 1.67. The first kappa shape index (κ1) is 15.1. The van der Waals surface area contributed by atoms with Crippen LogP contribution in [-0.2, 0) is 0 Å². The minimum absolute atomic E-state index is 0.646. The Kier molecular flexibility index (Phi) is 6.15. The predicted octanol–water partition coefficient (Wildman–Crippen LogP) is 2.28. The first-order valence-corrected chi connectivity index (χ1v) is 7.54. The third-order valence-corrected chi connectivity index (χ3v) is 3.96. The fourth-order valence-electron chi connectivity index (χ4n) is 2.83. The minimum atomic E-state index is 0.646. The average molecular weight is 278 g/mol. The van der Waals surface area contributed by atoms with Crippen molar-refractivity contribution in [1.82, 2.24) is 4.90 Å². The second-order valence-corrected chi connectivity index (χ2v) is 5.29. The summed E-state index contributed by atoms with van der Waals surface area (Å²) in [6.45, 7) is 3.67. The topological polar surface area (TPSA) is 47.7 Å². The van der Waals surface area contributed by atoms with Crippen LogP contribution in [-0.4, -0.2) is 44.3 Å². The summed E-state index contributed by atoms with van der Waals surface area (Å²) < 4.78 is 10.9.